The lowest BCUT2D eigenvalue weighted by Gasteiger charge is -2.21. The molecule has 4 nitrogen and oxygen atoms in total. The highest BCUT2D eigenvalue weighted by Crippen LogP contribution is 2.39. The molecule has 1 aromatic carbocycles. The summed E-state index contributed by atoms with van der Waals surface area (Å²) >= 11 is 0. The third-order valence-corrected chi connectivity index (χ3v) is 3.64. The minimum atomic E-state index is -0.355. The Morgan fingerprint density at radius 1 is 1.56 bits per heavy atom. The number of nitrogens with zero attached hydrogens (tertiary/aromatic N) is 1. The predicted molar refractivity (Wildman–Crippen MR) is 72.7 cm³/mol. The molecule has 18 heavy (non-hydrogen) atoms. The van der Waals surface area contributed by atoms with Crippen LogP contribution in [0.3, 0.4) is 0 Å². The van der Waals surface area contributed by atoms with Crippen molar-refractivity contribution in [3.63, 3.8) is 0 Å². The van der Waals surface area contributed by atoms with Gasteiger partial charge < -0.3 is 15.4 Å². The number of esters is 1. The molecule has 1 aliphatic rings. The third-order valence-electron chi connectivity index (χ3n) is 3.64. The lowest BCUT2D eigenvalue weighted by atomic mass is 10.1. The maximum Gasteiger partial charge on any atom is 0.337 e. The number of anilines is 2. The molecule has 0 saturated heterocycles. The van der Waals surface area contributed by atoms with Crippen LogP contribution >= 0.6 is 0 Å². The van der Waals surface area contributed by atoms with Crippen LogP contribution in [0.15, 0.2) is 18.2 Å². The van der Waals surface area contributed by atoms with Gasteiger partial charge in [0.05, 0.1) is 24.0 Å². The van der Waals surface area contributed by atoms with Crippen molar-refractivity contribution < 1.29 is 9.53 Å². The van der Waals surface area contributed by atoms with Crippen LogP contribution in [-0.4, -0.2) is 26.7 Å². The molecule has 2 N–H and O–H groups in total. The molecule has 0 radical (unpaired) electrons. The largest absolute Gasteiger partial charge is 0.465 e. The van der Waals surface area contributed by atoms with Gasteiger partial charge in [0, 0.05) is 13.6 Å². The van der Waals surface area contributed by atoms with Gasteiger partial charge in [-0.2, -0.15) is 0 Å². The molecule has 4 heteroatoms. The summed E-state index contributed by atoms with van der Waals surface area (Å²) < 4.78 is 4.67. The summed E-state index contributed by atoms with van der Waals surface area (Å²) in [6.45, 7) is 3.28. The fraction of sp³-hybridized carbons (Fsp3) is 0.500. The van der Waals surface area contributed by atoms with Crippen LogP contribution in [0.5, 0.6) is 0 Å². The minimum absolute atomic E-state index is 0.355. The highest BCUT2D eigenvalue weighted by molar-refractivity contribution is 5.91. The second-order valence-corrected chi connectivity index (χ2v) is 5.12. The Balaban J connectivity index is 2.11. The minimum Gasteiger partial charge on any atom is -0.465 e. The number of benzene rings is 1. The zero-order valence-corrected chi connectivity index (χ0v) is 11.1. The normalized spacial score (nSPS) is 21.5. The first-order chi connectivity index (χ1) is 8.52. The number of nitrogens with two attached hydrogens (primary N) is 1. The first-order valence-corrected chi connectivity index (χ1v) is 6.22. The molecule has 0 spiro atoms. The van der Waals surface area contributed by atoms with Gasteiger partial charge in [-0.25, -0.2) is 4.79 Å². The van der Waals surface area contributed by atoms with Crippen LogP contribution < -0.4 is 10.6 Å². The summed E-state index contributed by atoms with van der Waals surface area (Å²) in [5.41, 5.74) is 8.08. The van der Waals surface area contributed by atoms with Crippen molar-refractivity contribution in [2.75, 3.05) is 31.3 Å². The molecule has 2 atom stereocenters. The van der Waals surface area contributed by atoms with E-state index in [1.54, 1.807) is 12.1 Å². The summed E-state index contributed by atoms with van der Waals surface area (Å²) in [6, 6.07) is 5.31. The lowest BCUT2D eigenvalue weighted by molar-refractivity contribution is 0.0601. The van der Waals surface area contributed by atoms with Gasteiger partial charge in [0.1, 0.15) is 0 Å². The van der Waals surface area contributed by atoms with Crippen LogP contribution in [-0.2, 0) is 4.74 Å². The molecule has 1 aromatic rings. The molecule has 2 unspecified atom stereocenters. The Kier molecular flexibility index (Phi) is 3.45. The summed E-state index contributed by atoms with van der Waals surface area (Å²) in [6.07, 6.45) is 1.30. The standard InChI is InChI=1S/C14H20N2O2/c1-9-6-11(9)8-16(2)13-5-4-10(7-12(13)15)14(17)18-3/h4-5,7,9,11H,6,8,15H2,1-3H3. The SMILES string of the molecule is COC(=O)c1ccc(N(C)CC2CC2C)c(N)c1. The van der Waals surface area contributed by atoms with Crippen LogP contribution in [0.2, 0.25) is 0 Å². The monoisotopic (exact) mass is 248 g/mol. The van der Waals surface area contributed by atoms with Crippen molar-refractivity contribution in [1.82, 2.24) is 0 Å². The summed E-state index contributed by atoms with van der Waals surface area (Å²) in [4.78, 5) is 13.5. The Morgan fingerprint density at radius 2 is 2.22 bits per heavy atom. The summed E-state index contributed by atoms with van der Waals surface area (Å²) in [5.74, 6) is 1.24. The molecule has 1 fully saturated rings. The van der Waals surface area contributed by atoms with Crippen LogP contribution in [0.1, 0.15) is 23.7 Å². The van der Waals surface area contributed by atoms with E-state index in [2.05, 4.69) is 16.6 Å². The number of rotatable bonds is 4. The van der Waals surface area contributed by atoms with Crippen molar-refractivity contribution in [3.8, 4) is 0 Å². The summed E-state index contributed by atoms with van der Waals surface area (Å²) in [7, 11) is 3.40. The second kappa shape index (κ2) is 4.88. The predicted octanol–water partition coefficient (Wildman–Crippen LogP) is 2.15. The number of hydrogen-bond acceptors (Lipinski definition) is 4. The number of nitrogen functional groups attached to an aromatic ring is 1. The van der Waals surface area contributed by atoms with E-state index in [-0.39, 0.29) is 5.97 Å². The number of hydrogen-bond donors (Lipinski definition) is 1. The van der Waals surface area contributed by atoms with Gasteiger partial charge in [-0.15, -0.1) is 0 Å². The zero-order valence-electron chi connectivity index (χ0n) is 11.1. The second-order valence-electron chi connectivity index (χ2n) is 5.12. The number of methoxy groups -OCH3 is 1. The third kappa shape index (κ3) is 2.58. The molecule has 1 saturated carbocycles. The van der Waals surface area contributed by atoms with Gasteiger partial charge in [0.15, 0.2) is 0 Å². The Bertz CT molecular complexity index is 459. The topological polar surface area (TPSA) is 55.6 Å². The van der Waals surface area contributed by atoms with Gasteiger partial charge in [-0.1, -0.05) is 6.92 Å². The smallest absolute Gasteiger partial charge is 0.337 e. The van der Waals surface area contributed by atoms with Crippen molar-refractivity contribution in [2.24, 2.45) is 11.8 Å². The fourth-order valence-corrected chi connectivity index (χ4v) is 2.25. The van der Waals surface area contributed by atoms with Gasteiger partial charge in [-0.3, -0.25) is 0 Å². The van der Waals surface area contributed by atoms with Crippen molar-refractivity contribution >= 4 is 17.3 Å². The molecular formula is C14H20N2O2. The van der Waals surface area contributed by atoms with E-state index in [9.17, 15) is 4.79 Å². The number of carbonyl (C=O) groups is 1. The molecule has 2 rings (SSSR count). The molecule has 0 aliphatic heterocycles. The van der Waals surface area contributed by atoms with E-state index in [1.807, 2.05) is 13.1 Å². The summed E-state index contributed by atoms with van der Waals surface area (Å²) in [5, 5.41) is 0. The molecule has 0 amide bonds. The Morgan fingerprint density at radius 3 is 2.72 bits per heavy atom. The van der Waals surface area contributed by atoms with E-state index >= 15 is 0 Å². The Hall–Kier alpha value is -1.71. The molecule has 98 valence electrons. The molecule has 0 aromatic heterocycles. The highest BCUT2D eigenvalue weighted by Gasteiger charge is 2.33. The highest BCUT2D eigenvalue weighted by atomic mass is 16.5. The maximum absolute atomic E-state index is 11.4. The number of ether oxygens (including phenoxy) is 1. The number of carbonyl (C=O) groups excluding carboxylic acids is 1. The Labute approximate surface area is 108 Å². The van der Waals surface area contributed by atoms with Gasteiger partial charge in [0.25, 0.3) is 0 Å². The molecule has 0 bridgehead atoms. The fourth-order valence-electron chi connectivity index (χ4n) is 2.25. The first-order valence-electron chi connectivity index (χ1n) is 6.22. The molecular weight excluding hydrogens is 228 g/mol. The van der Waals surface area contributed by atoms with Gasteiger partial charge in [0.2, 0.25) is 0 Å². The van der Waals surface area contributed by atoms with Gasteiger partial charge in [-0.05, 0) is 36.5 Å². The van der Waals surface area contributed by atoms with E-state index in [4.69, 9.17) is 5.73 Å². The van der Waals surface area contributed by atoms with Crippen molar-refractivity contribution in [1.29, 1.82) is 0 Å². The molecule has 1 aliphatic carbocycles. The van der Waals surface area contributed by atoms with E-state index in [1.165, 1.54) is 13.5 Å². The van der Waals surface area contributed by atoms with E-state index in [0.717, 1.165) is 24.1 Å². The average molecular weight is 248 g/mol. The van der Waals surface area contributed by atoms with Gasteiger partial charge >= 0.3 is 5.97 Å². The first kappa shape index (κ1) is 12.7. The molecule has 0 heterocycles. The van der Waals surface area contributed by atoms with Crippen LogP contribution in [0.4, 0.5) is 11.4 Å². The zero-order chi connectivity index (χ0) is 13.3. The van der Waals surface area contributed by atoms with E-state index in [0.29, 0.717) is 11.3 Å². The van der Waals surface area contributed by atoms with Crippen molar-refractivity contribution in [3.05, 3.63) is 23.8 Å². The quantitative estimate of drug-likeness (QED) is 0.655. The lowest BCUT2D eigenvalue weighted by Crippen LogP contribution is -2.21. The van der Waals surface area contributed by atoms with Crippen LogP contribution in [0.25, 0.3) is 0 Å². The van der Waals surface area contributed by atoms with Crippen molar-refractivity contribution in [2.45, 2.75) is 13.3 Å². The average Bonchev–Trinajstić information content (AvgIpc) is 3.03. The van der Waals surface area contributed by atoms with E-state index < -0.39 is 0 Å². The maximum atomic E-state index is 11.4. The van der Waals surface area contributed by atoms with Crippen LogP contribution in [0, 0.1) is 11.8 Å².